The monoisotopic (exact) mass is 508 g/mol. The van der Waals surface area contributed by atoms with E-state index in [0.29, 0.717) is 5.56 Å². The fraction of sp³-hybridized carbons (Fsp3) is 0.211. The normalized spacial score (nSPS) is 12.6. The first kappa shape index (κ1) is 26.2. The van der Waals surface area contributed by atoms with Crippen LogP contribution in [-0.4, -0.2) is 46.5 Å². The van der Waals surface area contributed by atoms with Gasteiger partial charge in [-0.15, -0.1) is 17.5 Å². The lowest BCUT2D eigenvalue weighted by Gasteiger charge is -2.13. The Morgan fingerprint density at radius 1 is 1.21 bits per heavy atom. The summed E-state index contributed by atoms with van der Waals surface area (Å²) in [7, 11) is -5.65. The molecule has 2 aromatic carbocycles. The molecule has 1 aromatic heterocycles. The molecule has 0 unspecified atom stereocenters. The van der Waals surface area contributed by atoms with Crippen molar-refractivity contribution in [3.63, 3.8) is 0 Å². The van der Waals surface area contributed by atoms with Gasteiger partial charge in [-0.25, -0.2) is 22.3 Å². The largest absolute Gasteiger partial charge is 0.501 e. The van der Waals surface area contributed by atoms with Gasteiger partial charge in [0.1, 0.15) is 11.3 Å². The third-order valence-electron chi connectivity index (χ3n) is 4.62. The van der Waals surface area contributed by atoms with Crippen LogP contribution in [0.15, 0.2) is 47.1 Å². The number of carbonyl (C=O) groups is 1. The SMILES string of the molecule is Cc1ccc(S(=O)(=O)C(F)(F)F)cc1-c1cc(C(=O)O)cc2c1nnn2C/C(F)=C/CN.Cl. The Kier molecular flexibility index (Phi) is 7.51. The summed E-state index contributed by atoms with van der Waals surface area (Å²) in [5, 5.41) is 17.2. The van der Waals surface area contributed by atoms with Crippen LogP contribution in [0, 0.1) is 6.92 Å². The third-order valence-corrected chi connectivity index (χ3v) is 6.11. The van der Waals surface area contributed by atoms with E-state index in [1.54, 1.807) is 0 Å². The molecule has 0 aliphatic heterocycles. The number of sulfone groups is 1. The van der Waals surface area contributed by atoms with Gasteiger partial charge in [0.05, 0.1) is 22.5 Å². The molecule has 0 aliphatic rings. The van der Waals surface area contributed by atoms with Gasteiger partial charge in [-0.3, -0.25) is 0 Å². The number of carboxylic acid groups (broad SMARTS) is 1. The number of aromatic carboxylic acids is 1. The molecule has 0 radical (unpaired) electrons. The van der Waals surface area contributed by atoms with Gasteiger partial charge < -0.3 is 10.8 Å². The Morgan fingerprint density at radius 2 is 1.88 bits per heavy atom. The molecule has 0 saturated carbocycles. The molecule has 0 atom stereocenters. The van der Waals surface area contributed by atoms with Crippen LogP contribution in [0.1, 0.15) is 15.9 Å². The number of aromatic nitrogens is 3. The summed E-state index contributed by atoms with van der Waals surface area (Å²) in [5.41, 5.74) is 0.0115. The van der Waals surface area contributed by atoms with E-state index < -0.39 is 38.6 Å². The molecule has 3 rings (SSSR count). The minimum Gasteiger partial charge on any atom is -0.478 e. The molecule has 0 aliphatic carbocycles. The molecule has 3 N–H and O–H groups in total. The number of fused-ring (bicyclic) bond motifs is 1. The predicted octanol–water partition coefficient (Wildman–Crippen LogP) is 3.63. The molecular weight excluding hydrogens is 492 g/mol. The fourth-order valence-electron chi connectivity index (χ4n) is 3.04. The number of hydrogen-bond donors (Lipinski definition) is 2. The summed E-state index contributed by atoms with van der Waals surface area (Å²) in [5.74, 6) is -2.02. The summed E-state index contributed by atoms with van der Waals surface area (Å²) >= 11 is 0. The number of rotatable bonds is 6. The number of benzene rings is 2. The zero-order valence-corrected chi connectivity index (χ0v) is 18.4. The number of aryl methyl sites for hydroxylation is 1. The van der Waals surface area contributed by atoms with Crippen LogP contribution < -0.4 is 5.73 Å². The Bertz CT molecular complexity index is 1350. The molecule has 0 saturated heterocycles. The lowest BCUT2D eigenvalue weighted by molar-refractivity contribution is -0.0436. The summed E-state index contributed by atoms with van der Waals surface area (Å²) in [6.07, 6.45) is 1.09. The van der Waals surface area contributed by atoms with Gasteiger partial charge in [0, 0.05) is 12.1 Å². The first-order valence-corrected chi connectivity index (χ1v) is 10.4. The third kappa shape index (κ3) is 4.99. The number of allylic oxidation sites excluding steroid dienone is 1. The van der Waals surface area contributed by atoms with E-state index in [4.69, 9.17) is 5.73 Å². The van der Waals surface area contributed by atoms with Crippen molar-refractivity contribution in [2.75, 3.05) is 6.54 Å². The zero-order chi connectivity index (χ0) is 23.8. The second kappa shape index (κ2) is 9.45. The van der Waals surface area contributed by atoms with E-state index in [2.05, 4.69) is 10.3 Å². The van der Waals surface area contributed by atoms with Crippen molar-refractivity contribution in [3.05, 3.63) is 53.4 Å². The van der Waals surface area contributed by atoms with Crippen LogP contribution in [0.25, 0.3) is 22.2 Å². The lowest BCUT2D eigenvalue weighted by atomic mass is 9.97. The second-order valence-electron chi connectivity index (χ2n) is 6.76. The topological polar surface area (TPSA) is 128 Å². The maximum absolute atomic E-state index is 13.9. The standard InChI is InChI=1S/C19H16F4N4O4S.ClH/c1-10-2-3-13(32(30,31)19(21,22)23)8-14(10)15-6-11(18(28)29)7-16-17(15)25-26-27(16)9-12(20)4-5-24;/h2-4,6-8H,5,9,24H2,1H3,(H,28,29);1H/b12-4-;. The highest BCUT2D eigenvalue weighted by Crippen LogP contribution is 2.36. The Morgan fingerprint density at radius 3 is 2.45 bits per heavy atom. The van der Waals surface area contributed by atoms with Gasteiger partial charge in [-0.05, 0) is 48.4 Å². The van der Waals surface area contributed by atoms with E-state index in [1.807, 2.05) is 0 Å². The van der Waals surface area contributed by atoms with Gasteiger partial charge in [0.2, 0.25) is 0 Å². The van der Waals surface area contributed by atoms with Crippen molar-refractivity contribution in [3.8, 4) is 11.1 Å². The molecular formula is C19H17ClF4N4O4S. The molecule has 1 heterocycles. The summed E-state index contributed by atoms with van der Waals surface area (Å²) in [4.78, 5) is 10.6. The van der Waals surface area contributed by atoms with Crippen LogP contribution in [0.2, 0.25) is 0 Å². The maximum Gasteiger partial charge on any atom is 0.501 e. The van der Waals surface area contributed by atoms with E-state index >= 15 is 0 Å². The number of nitrogens with zero attached hydrogens (tertiary/aromatic N) is 3. The zero-order valence-electron chi connectivity index (χ0n) is 16.8. The molecule has 0 amide bonds. The average Bonchev–Trinajstić information content (AvgIpc) is 3.09. The van der Waals surface area contributed by atoms with Crippen molar-refractivity contribution in [2.24, 2.45) is 5.73 Å². The van der Waals surface area contributed by atoms with Crippen LogP contribution in [0.4, 0.5) is 17.6 Å². The van der Waals surface area contributed by atoms with Crippen molar-refractivity contribution >= 4 is 39.2 Å². The van der Waals surface area contributed by atoms with Crippen LogP contribution in [0.5, 0.6) is 0 Å². The average molecular weight is 509 g/mol. The molecule has 3 aromatic rings. The first-order valence-electron chi connectivity index (χ1n) is 8.94. The number of hydrogen-bond acceptors (Lipinski definition) is 6. The summed E-state index contributed by atoms with van der Waals surface area (Å²) < 4.78 is 77.8. The Balaban J connectivity index is 0.00000385. The lowest BCUT2D eigenvalue weighted by Crippen LogP contribution is -2.23. The second-order valence-corrected chi connectivity index (χ2v) is 8.70. The Hall–Kier alpha value is -3.03. The molecule has 0 spiro atoms. The van der Waals surface area contributed by atoms with Gasteiger partial charge in [0.15, 0.2) is 0 Å². The van der Waals surface area contributed by atoms with Gasteiger partial charge in [-0.2, -0.15) is 13.2 Å². The van der Waals surface area contributed by atoms with Gasteiger partial charge in [-0.1, -0.05) is 11.3 Å². The van der Waals surface area contributed by atoms with Crippen LogP contribution in [0.3, 0.4) is 0 Å². The number of halogens is 5. The van der Waals surface area contributed by atoms with E-state index in [9.17, 15) is 35.9 Å². The van der Waals surface area contributed by atoms with Crippen LogP contribution >= 0.6 is 12.4 Å². The smallest absolute Gasteiger partial charge is 0.478 e. The first-order chi connectivity index (χ1) is 14.9. The molecule has 0 bridgehead atoms. The van der Waals surface area contributed by atoms with Crippen molar-refractivity contribution in [1.29, 1.82) is 0 Å². The molecule has 33 heavy (non-hydrogen) atoms. The molecule has 14 heteroatoms. The quantitative estimate of drug-likeness (QED) is 0.486. The minimum absolute atomic E-state index is 0. The highest BCUT2D eigenvalue weighted by Gasteiger charge is 2.47. The maximum atomic E-state index is 13.9. The van der Waals surface area contributed by atoms with Gasteiger partial charge >= 0.3 is 11.5 Å². The summed E-state index contributed by atoms with van der Waals surface area (Å²) in [6, 6.07) is 5.10. The molecule has 178 valence electrons. The minimum atomic E-state index is -5.65. The molecule has 8 nitrogen and oxygen atoms in total. The number of carboxylic acids is 1. The summed E-state index contributed by atoms with van der Waals surface area (Å²) in [6.45, 7) is 1.02. The van der Waals surface area contributed by atoms with Crippen molar-refractivity contribution < 1.29 is 35.9 Å². The fourth-order valence-corrected chi connectivity index (χ4v) is 3.83. The Labute approximate surface area is 191 Å². The highest BCUT2D eigenvalue weighted by atomic mass is 35.5. The van der Waals surface area contributed by atoms with Gasteiger partial charge in [0.25, 0.3) is 9.84 Å². The highest BCUT2D eigenvalue weighted by molar-refractivity contribution is 7.92. The van der Waals surface area contributed by atoms with E-state index in [1.165, 1.54) is 19.1 Å². The molecule has 0 fully saturated rings. The van der Waals surface area contributed by atoms with E-state index in [-0.39, 0.29) is 46.7 Å². The van der Waals surface area contributed by atoms with Crippen molar-refractivity contribution in [1.82, 2.24) is 15.0 Å². The number of alkyl halides is 3. The van der Waals surface area contributed by atoms with Crippen molar-refractivity contribution in [2.45, 2.75) is 23.9 Å². The van der Waals surface area contributed by atoms with E-state index in [0.717, 1.165) is 29.0 Å². The van der Waals surface area contributed by atoms with Crippen LogP contribution in [-0.2, 0) is 16.4 Å². The number of nitrogens with two attached hydrogens (primary N) is 1. The predicted molar refractivity (Wildman–Crippen MR) is 113 cm³/mol.